The zero-order valence-corrected chi connectivity index (χ0v) is 16.3. The van der Waals surface area contributed by atoms with E-state index >= 15 is 0 Å². The number of nitrogens with one attached hydrogen (secondary N) is 1. The normalized spacial score (nSPS) is 21.5. The van der Waals surface area contributed by atoms with Crippen molar-refractivity contribution >= 4 is 11.8 Å². The van der Waals surface area contributed by atoms with Gasteiger partial charge in [0.15, 0.2) is 17.3 Å². The van der Waals surface area contributed by atoms with Crippen LogP contribution in [-0.4, -0.2) is 31.1 Å². The number of hydrogen-bond acceptors (Lipinski definition) is 6. The highest BCUT2D eigenvalue weighted by atomic mass is 16.5. The molecule has 2 aliphatic rings. The van der Waals surface area contributed by atoms with Crippen LogP contribution in [0.15, 0.2) is 40.7 Å². The van der Waals surface area contributed by atoms with Crippen LogP contribution in [0.1, 0.15) is 45.1 Å². The Morgan fingerprint density at radius 1 is 1.26 bits per heavy atom. The van der Waals surface area contributed by atoms with Gasteiger partial charge < -0.3 is 19.9 Å². The van der Waals surface area contributed by atoms with Gasteiger partial charge in [0, 0.05) is 29.0 Å². The number of ether oxygens (including phenoxy) is 2. The molecular weight excluding hydrogens is 346 g/mol. The van der Waals surface area contributed by atoms with Crippen molar-refractivity contribution in [2.75, 3.05) is 14.2 Å². The Morgan fingerprint density at radius 3 is 2.59 bits per heavy atom. The molecule has 0 radical (unpaired) electrons. The summed E-state index contributed by atoms with van der Waals surface area (Å²) in [6.07, 6.45) is 1.06. The lowest BCUT2D eigenvalue weighted by atomic mass is 9.68. The van der Waals surface area contributed by atoms with Gasteiger partial charge in [-0.2, -0.15) is 0 Å². The van der Waals surface area contributed by atoms with Crippen molar-refractivity contribution < 1.29 is 24.2 Å². The Kier molecular flexibility index (Phi) is 4.76. The van der Waals surface area contributed by atoms with Gasteiger partial charge in [-0.15, -0.1) is 0 Å². The standard InChI is InChI=1S/C21H25NO5/c1-11-16(20(25)27-5)17(12-7-6-8-15(26-4)19(12)24)18-13(22-11)9-21(2,3)10-14(18)23/h6-8,17,22,24H,9-10H2,1-5H3/t17-/m1/s1. The number of aromatic hydroxyl groups is 1. The van der Waals surface area contributed by atoms with E-state index in [1.165, 1.54) is 14.2 Å². The summed E-state index contributed by atoms with van der Waals surface area (Å²) in [6, 6.07) is 5.08. The van der Waals surface area contributed by atoms with Crippen LogP contribution in [0, 0.1) is 5.41 Å². The van der Waals surface area contributed by atoms with E-state index in [9.17, 15) is 14.7 Å². The highest BCUT2D eigenvalue weighted by molar-refractivity contribution is 6.04. The predicted octanol–water partition coefficient (Wildman–Crippen LogP) is 3.18. The second-order valence-electron chi connectivity index (χ2n) is 7.82. The van der Waals surface area contributed by atoms with Gasteiger partial charge in [-0.05, 0) is 24.8 Å². The maximum absolute atomic E-state index is 13.1. The van der Waals surface area contributed by atoms with Gasteiger partial charge in [-0.25, -0.2) is 4.79 Å². The number of allylic oxidation sites excluding steroid dienone is 3. The first kappa shape index (κ1) is 19.0. The summed E-state index contributed by atoms with van der Waals surface area (Å²) in [7, 11) is 2.77. The second kappa shape index (κ2) is 6.76. The number of phenols is 1. The summed E-state index contributed by atoms with van der Waals surface area (Å²) in [5, 5.41) is 14.0. The highest BCUT2D eigenvalue weighted by Crippen LogP contribution is 2.49. The molecule has 0 saturated carbocycles. The number of ketones is 1. The number of methoxy groups -OCH3 is 2. The van der Waals surface area contributed by atoms with E-state index < -0.39 is 11.9 Å². The molecule has 27 heavy (non-hydrogen) atoms. The molecule has 0 fully saturated rings. The summed E-state index contributed by atoms with van der Waals surface area (Å²) in [5.74, 6) is -1.05. The minimum absolute atomic E-state index is 0.0325. The lowest BCUT2D eigenvalue weighted by molar-refractivity contribution is -0.136. The fraction of sp³-hybridized carbons (Fsp3) is 0.429. The molecule has 0 spiro atoms. The molecule has 0 amide bonds. The number of para-hydroxylation sites is 1. The van der Waals surface area contributed by atoms with E-state index in [-0.39, 0.29) is 16.9 Å². The molecule has 6 heteroatoms. The van der Waals surface area contributed by atoms with E-state index in [4.69, 9.17) is 9.47 Å². The summed E-state index contributed by atoms with van der Waals surface area (Å²) < 4.78 is 10.2. The third kappa shape index (κ3) is 3.20. The zero-order chi connectivity index (χ0) is 19.9. The first-order valence-electron chi connectivity index (χ1n) is 8.88. The minimum atomic E-state index is -0.701. The van der Waals surface area contributed by atoms with E-state index in [1.54, 1.807) is 25.1 Å². The molecule has 1 aromatic carbocycles. The topological polar surface area (TPSA) is 84.9 Å². The SMILES string of the molecule is COC(=O)C1=C(C)NC2=C(C(=O)CC(C)(C)C2)[C@@H]1c1cccc(OC)c1O. The molecule has 0 saturated heterocycles. The monoisotopic (exact) mass is 371 g/mol. The van der Waals surface area contributed by atoms with Gasteiger partial charge in [0.1, 0.15) is 0 Å². The molecule has 0 bridgehead atoms. The molecule has 1 aliphatic carbocycles. The largest absolute Gasteiger partial charge is 0.504 e. The van der Waals surface area contributed by atoms with Crippen molar-refractivity contribution in [3.8, 4) is 11.5 Å². The Morgan fingerprint density at radius 2 is 1.96 bits per heavy atom. The highest BCUT2D eigenvalue weighted by Gasteiger charge is 2.44. The van der Waals surface area contributed by atoms with Gasteiger partial charge in [-0.1, -0.05) is 26.0 Å². The van der Waals surface area contributed by atoms with E-state index in [0.717, 1.165) is 5.70 Å². The maximum Gasteiger partial charge on any atom is 0.336 e. The number of dihydropyridines is 1. The van der Waals surface area contributed by atoms with Crippen LogP contribution in [-0.2, 0) is 14.3 Å². The maximum atomic E-state index is 13.1. The number of carbonyl (C=O) groups excluding carboxylic acids is 2. The molecule has 0 unspecified atom stereocenters. The van der Waals surface area contributed by atoms with Crippen molar-refractivity contribution in [3.63, 3.8) is 0 Å². The van der Waals surface area contributed by atoms with Gasteiger partial charge in [0.2, 0.25) is 0 Å². The van der Waals surface area contributed by atoms with Crippen molar-refractivity contribution in [2.45, 2.75) is 39.5 Å². The van der Waals surface area contributed by atoms with Crippen LogP contribution in [0.25, 0.3) is 0 Å². The Balaban J connectivity index is 2.26. The van der Waals surface area contributed by atoms with Crippen LogP contribution >= 0.6 is 0 Å². The van der Waals surface area contributed by atoms with Crippen LogP contribution in [0.3, 0.4) is 0 Å². The quantitative estimate of drug-likeness (QED) is 0.794. The van der Waals surface area contributed by atoms with Gasteiger partial charge in [0.05, 0.1) is 25.7 Å². The number of rotatable bonds is 3. The van der Waals surface area contributed by atoms with Gasteiger partial charge >= 0.3 is 5.97 Å². The number of carbonyl (C=O) groups is 2. The average Bonchev–Trinajstić information content (AvgIpc) is 2.59. The zero-order valence-electron chi connectivity index (χ0n) is 16.3. The smallest absolute Gasteiger partial charge is 0.336 e. The molecule has 1 aliphatic heterocycles. The van der Waals surface area contributed by atoms with Crippen molar-refractivity contribution in [1.29, 1.82) is 0 Å². The van der Waals surface area contributed by atoms with Crippen LogP contribution in [0.5, 0.6) is 11.5 Å². The van der Waals surface area contributed by atoms with Crippen LogP contribution < -0.4 is 10.1 Å². The number of esters is 1. The predicted molar refractivity (Wildman–Crippen MR) is 100 cm³/mol. The summed E-state index contributed by atoms with van der Waals surface area (Å²) >= 11 is 0. The lowest BCUT2D eigenvalue weighted by Crippen LogP contribution is -2.38. The summed E-state index contributed by atoms with van der Waals surface area (Å²) in [4.78, 5) is 25.6. The molecule has 6 nitrogen and oxygen atoms in total. The molecule has 1 aromatic rings. The Hall–Kier alpha value is -2.76. The first-order chi connectivity index (χ1) is 12.7. The average molecular weight is 371 g/mol. The fourth-order valence-corrected chi connectivity index (χ4v) is 4.06. The van der Waals surface area contributed by atoms with Crippen LogP contribution in [0.2, 0.25) is 0 Å². The number of benzene rings is 1. The molecule has 144 valence electrons. The third-order valence-electron chi connectivity index (χ3n) is 5.21. The van der Waals surface area contributed by atoms with Crippen molar-refractivity contribution in [2.24, 2.45) is 5.41 Å². The number of hydrogen-bond donors (Lipinski definition) is 2. The van der Waals surface area contributed by atoms with Crippen LogP contribution in [0.4, 0.5) is 0 Å². The molecule has 0 aromatic heterocycles. The number of Topliss-reactive ketones (excluding diaryl/α,β-unsaturated/α-hetero) is 1. The van der Waals surface area contributed by atoms with E-state index in [1.807, 2.05) is 13.8 Å². The summed E-state index contributed by atoms with van der Waals surface area (Å²) in [5.41, 5.74) is 2.55. The molecule has 1 heterocycles. The molecule has 2 N–H and O–H groups in total. The minimum Gasteiger partial charge on any atom is -0.504 e. The molecule has 3 rings (SSSR count). The second-order valence-corrected chi connectivity index (χ2v) is 7.82. The Labute approximate surface area is 158 Å². The van der Waals surface area contributed by atoms with Crippen molar-refractivity contribution in [1.82, 2.24) is 5.32 Å². The number of phenolic OH excluding ortho intramolecular Hbond substituents is 1. The summed E-state index contributed by atoms with van der Waals surface area (Å²) in [6.45, 7) is 5.87. The van der Waals surface area contributed by atoms with Crippen molar-refractivity contribution in [3.05, 3.63) is 46.3 Å². The fourth-order valence-electron chi connectivity index (χ4n) is 4.06. The third-order valence-corrected chi connectivity index (χ3v) is 5.21. The Bertz CT molecular complexity index is 879. The first-order valence-corrected chi connectivity index (χ1v) is 8.88. The molecule has 1 atom stereocenters. The molecular formula is C21H25NO5. The van der Waals surface area contributed by atoms with E-state index in [2.05, 4.69) is 5.32 Å². The van der Waals surface area contributed by atoms with Gasteiger partial charge in [0.25, 0.3) is 0 Å². The van der Waals surface area contributed by atoms with E-state index in [0.29, 0.717) is 41.0 Å². The van der Waals surface area contributed by atoms with Gasteiger partial charge in [-0.3, -0.25) is 4.79 Å². The lowest BCUT2D eigenvalue weighted by Gasteiger charge is -2.39.